The summed E-state index contributed by atoms with van der Waals surface area (Å²) in [5.74, 6) is 0.324. The Bertz CT molecular complexity index is 624. The van der Waals surface area contributed by atoms with Crippen LogP contribution in [-0.2, 0) is 13.0 Å². The number of nitrogens with zero attached hydrogens (tertiary/aromatic N) is 2. The molecule has 96 valence electrons. The van der Waals surface area contributed by atoms with Crippen LogP contribution in [0.5, 0.6) is 0 Å². The fourth-order valence-corrected chi connectivity index (χ4v) is 2.40. The standard InChI is InChI=1S/C15H15N3O/c16-14-7-3-6-13(17-14)15(19)18-9-8-11-4-1-2-5-12(11)10-18/h1-7H,8-10H2,(H2,16,17). The molecular weight excluding hydrogens is 238 g/mol. The number of carbonyl (C=O) groups excluding carboxylic acids is 1. The van der Waals surface area contributed by atoms with Gasteiger partial charge in [0.05, 0.1) is 0 Å². The maximum Gasteiger partial charge on any atom is 0.272 e. The first-order valence-electron chi connectivity index (χ1n) is 6.32. The van der Waals surface area contributed by atoms with Crippen molar-refractivity contribution < 1.29 is 4.79 Å². The summed E-state index contributed by atoms with van der Waals surface area (Å²) in [6.45, 7) is 1.37. The Balaban J connectivity index is 1.83. The van der Waals surface area contributed by atoms with Crippen molar-refractivity contribution in [3.63, 3.8) is 0 Å². The number of fused-ring (bicyclic) bond motifs is 1. The number of aromatic nitrogens is 1. The molecule has 4 nitrogen and oxygen atoms in total. The summed E-state index contributed by atoms with van der Waals surface area (Å²) in [5, 5.41) is 0. The van der Waals surface area contributed by atoms with Crippen LogP contribution in [0.1, 0.15) is 21.6 Å². The van der Waals surface area contributed by atoms with E-state index >= 15 is 0 Å². The van der Waals surface area contributed by atoms with Gasteiger partial charge in [-0.25, -0.2) is 4.98 Å². The average Bonchev–Trinajstić information content (AvgIpc) is 2.46. The highest BCUT2D eigenvalue weighted by molar-refractivity contribution is 5.92. The van der Waals surface area contributed by atoms with E-state index in [1.807, 2.05) is 17.0 Å². The quantitative estimate of drug-likeness (QED) is 0.844. The lowest BCUT2D eigenvalue weighted by Crippen LogP contribution is -2.36. The van der Waals surface area contributed by atoms with Gasteiger partial charge in [0.15, 0.2) is 0 Å². The van der Waals surface area contributed by atoms with Crippen molar-refractivity contribution in [2.24, 2.45) is 0 Å². The second kappa shape index (κ2) is 4.72. The zero-order chi connectivity index (χ0) is 13.2. The number of carbonyl (C=O) groups is 1. The summed E-state index contributed by atoms with van der Waals surface area (Å²) in [4.78, 5) is 18.3. The Hall–Kier alpha value is -2.36. The summed E-state index contributed by atoms with van der Waals surface area (Å²) >= 11 is 0. The lowest BCUT2D eigenvalue weighted by Gasteiger charge is -2.28. The molecule has 0 radical (unpaired) electrons. The molecule has 1 aliphatic heterocycles. The van der Waals surface area contributed by atoms with E-state index in [9.17, 15) is 4.79 Å². The SMILES string of the molecule is Nc1cccc(C(=O)N2CCc3ccccc3C2)n1. The lowest BCUT2D eigenvalue weighted by molar-refractivity contribution is 0.0729. The van der Waals surface area contributed by atoms with Crippen LogP contribution in [0.4, 0.5) is 5.82 Å². The predicted molar refractivity (Wildman–Crippen MR) is 73.5 cm³/mol. The van der Waals surface area contributed by atoms with Crippen LogP contribution in [-0.4, -0.2) is 22.3 Å². The van der Waals surface area contributed by atoms with Crippen molar-refractivity contribution in [3.05, 3.63) is 59.3 Å². The Morgan fingerprint density at radius 1 is 1.11 bits per heavy atom. The van der Waals surface area contributed by atoms with Gasteiger partial charge in [0.1, 0.15) is 11.5 Å². The normalized spacial score (nSPS) is 14.0. The Kier molecular flexibility index (Phi) is 2.91. The van der Waals surface area contributed by atoms with Gasteiger partial charge in [-0.05, 0) is 29.7 Å². The minimum absolute atomic E-state index is 0.0539. The monoisotopic (exact) mass is 253 g/mol. The first kappa shape index (κ1) is 11.7. The van der Waals surface area contributed by atoms with Gasteiger partial charge in [0.2, 0.25) is 0 Å². The molecule has 0 unspecified atom stereocenters. The molecule has 2 aromatic rings. The van der Waals surface area contributed by atoms with Crippen molar-refractivity contribution in [1.82, 2.24) is 9.88 Å². The van der Waals surface area contributed by atoms with E-state index in [2.05, 4.69) is 17.1 Å². The fraction of sp³-hybridized carbons (Fsp3) is 0.200. The van der Waals surface area contributed by atoms with E-state index in [-0.39, 0.29) is 5.91 Å². The molecule has 1 aliphatic rings. The lowest BCUT2D eigenvalue weighted by atomic mass is 10.00. The van der Waals surface area contributed by atoms with E-state index in [4.69, 9.17) is 5.73 Å². The number of hydrogen-bond donors (Lipinski definition) is 1. The molecule has 3 rings (SSSR count). The van der Waals surface area contributed by atoms with Crippen molar-refractivity contribution in [1.29, 1.82) is 0 Å². The number of pyridine rings is 1. The number of nitrogens with two attached hydrogens (primary N) is 1. The molecule has 0 atom stereocenters. The molecule has 0 saturated heterocycles. The van der Waals surface area contributed by atoms with E-state index in [0.29, 0.717) is 18.1 Å². The highest BCUT2D eigenvalue weighted by atomic mass is 16.2. The Morgan fingerprint density at radius 2 is 1.89 bits per heavy atom. The molecule has 0 spiro atoms. The average molecular weight is 253 g/mol. The van der Waals surface area contributed by atoms with Crippen LogP contribution < -0.4 is 5.73 Å². The fourth-order valence-electron chi connectivity index (χ4n) is 2.40. The molecule has 1 aromatic carbocycles. The third-order valence-corrected chi connectivity index (χ3v) is 3.41. The summed E-state index contributed by atoms with van der Waals surface area (Å²) in [6.07, 6.45) is 0.893. The first-order valence-corrected chi connectivity index (χ1v) is 6.32. The second-order valence-corrected chi connectivity index (χ2v) is 4.69. The van der Waals surface area contributed by atoms with Gasteiger partial charge in [0.25, 0.3) is 5.91 Å². The molecule has 1 amide bonds. The molecule has 2 heterocycles. The Morgan fingerprint density at radius 3 is 2.68 bits per heavy atom. The number of benzene rings is 1. The minimum Gasteiger partial charge on any atom is -0.384 e. The van der Waals surface area contributed by atoms with Crippen LogP contribution in [0.15, 0.2) is 42.5 Å². The van der Waals surface area contributed by atoms with Crippen LogP contribution in [0, 0.1) is 0 Å². The minimum atomic E-state index is -0.0539. The van der Waals surface area contributed by atoms with Crippen LogP contribution in [0.25, 0.3) is 0 Å². The zero-order valence-electron chi connectivity index (χ0n) is 10.5. The molecule has 4 heteroatoms. The van der Waals surface area contributed by atoms with E-state index in [0.717, 1.165) is 13.0 Å². The van der Waals surface area contributed by atoms with E-state index in [1.165, 1.54) is 11.1 Å². The number of nitrogen functional groups attached to an aromatic ring is 1. The van der Waals surface area contributed by atoms with Gasteiger partial charge in [-0.1, -0.05) is 30.3 Å². The molecule has 2 N–H and O–H groups in total. The van der Waals surface area contributed by atoms with Gasteiger partial charge < -0.3 is 10.6 Å². The molecular formula is C15H15N3O. The predicted octanol–water partition coefficient (Wildman–Crippen LogP) is 1.86. The Labute approximate surface area is 111 Å². The maximum atomic E-state index is 12.4. The van der Waals surface area contributed by atoms with Gasteiger partial charge in [-0.3, -0.25) is 4.79 Å². The molecule has 19 heavy (non-hydrogen) atoms. The van der Waals surface area contributed by atoms with Crippen LogP contribution in [0.2, 0.25) is 0 Å². The molecule has 0 fully saturated rings. The van der Waals surface area contributed by atoms with Gasteiger partial charge in [-0.2, -0.15) is 0 Å². The third-order valence-electron chi connectivity index (χ3n) is 3.41. The van der Waals surface area contributed by atoms with Gasteiger partial charge in [0, 0.05) is 13.1 Å². The summed E-state index contributed by atoms with van der Waals surface area (Å²) in [6, 6.07) is 13.4. The molecule has 0 bridgehead atoms. The summed E-state index contributed by atoms with van der Waals surface area (Å²) < 4.78 is 0. The van der Waals surface area contributed by atoms with Gasteiger partial charge in [-0.15, -0.1) is 0 Å². The van der Waals surface area contributed by atoms with Gasteiger partial charge >= 0.3 is 0 Å². The zero-order valence-corrected chi connectivity index (χ0v) is 10.5. The molecule has 0 saturated carbocycles. The van der Waals surface area contributed by atoms with E-state index < -0.39 is 0 Å². The van der Waals surface area contributed by atoms with E-state index in [1.54, 1.807) is 18.2 Å². The van der Waals surface area contributed by atoms with Crippen molar-refractivity contribution in [2.45, 2.75) is 13.0 Å². The summed E-state index contributed by atoms with van der Waals surface area (Å²) in [7, 11) is 0. The third kappa shape index (κ3) is 2.29. The largest absolute Gasteiger partial charge is 0.384 e. The highest BCUT2D eigenvalue weighted by Crippen LogP contribution is 2.19. The number of anilines is 1. The van der Waals surface area contributed by atoms with Crippen LogP contribution >= 0.6 is 0 Å². The highest BCUT2D eigenvalue weighted by Gasteiger charge is 2.22. The number of rotatable bonds is 1. The second-order valence-electron chi connectivity index (χ2n) is 4.69. The molecule has 1 aromatic heterocycles. The van der Waals surface area contributed by atoms with Crippen molar-refractivity contribution >= 4 is 11.7 Å². The van der Waals surface area contributed by atoms with Crippen molar-refractivity contribution in [3.8, 4) is 0 Å². The molecule has 0 aliphatic carbocycles. The van der Waals surface area contributed by atoms with Crippen LogP contribution in [0.3, 0.4) is 0 Å². The first-order chi connectivity index (χ1) is 9.24. The van der Waals surface area contributed by atoms with Crippen molar-refractivity contribution in [2.75, 3.05) is 12.3 Å². The summed E-state index contributed by atoms with van der Waals surface area (Å²) in [5.41, 5.74) is 8.58. The maximum absolute atomic E-state index is 12.4. The number of hydrogen-bond acceptors (Lipinski definition) is 3. The smallest absolute Gasteiger partial charge is 0.272 e. The topological polar surface area (TPSA) is 59.2 Å². The number of amides is 1.